The molecule has 0 N–H and O–H groups in total. The first-order valence-corrected chi connectivity index (χ1v) is 49.4. The number of fused-ring (bicyclic) bond motifs is 31. The van der Waals surface area contributed by atoms with Crippen LogP contribution in [0.1, 0.15) is 22.3 Å². The van der Waals surface area contributed by atoms with Crippen LogP contribution in [0.5, 0.6) is 0 Å². The monoisotopic (exact) mass is 1860 g/mol. The average molecular weight is 1860 g/mol. The molecule has 0 atom stereocenters. The summed E-state index contributed by atoms with van der Waals surface area (Å²) in [6.45, 7) is 8.52. The van der Waals surface area contributed by atoms with E-state index in [9.17, 15) is 0 Å². The number of rotatable bonds is 8. The molecule has 0 aliphatic carbocycles. The van der Waals surface area contributed by atoms with Gasteiger partial charge >= 0.3 is 0 Å². The molecular formula is C132H88N10O3. The maximum absolute atomic E-state index is 6.20. The van der Waals surface area contributed by atoms with E-state index in [2.05, 4.69) is 513 Å². The largest absolute Gasteiger partial charge is 0.456 e. The van der Waals surface area contributed by atoms with E-state index >= 15 is 0 Å². The molecule has 684 valence electrons. The predicted octanol–water partition coefficient (Wildman–Crippen LogP) is 34.9. The fourth-order valence-corrected chi connectivity index (χ4v) is 23.0. The van der Waals surface area contributed by atoms with Crippen LogP contribution in [0, 0.1) is 27.7 Å². The molecule has 32 aromatic rings. The van der Waals surface area contributed by atoms with Gasteiger partial charge in [0.25, 0.3) is 0 Å². The Morgan fingerprint density at radius 2 is 0.428 bits per heavy atom. The van der Waals surface area contributed by atoms with Crippen molar-refractivity contribution in [1.29, 1.82) is 0 Å². The number of aryl methyl sites for hydroxylation is 4. The van der Waals surface area contributed by atoms with Crippen LogP contribution in [0.4, 0.5) is 0 Å². The van der Waals surface area contributed by atoms with Gasteiger partial charge in [0.05, 0.1) is 94.0 Å². The third-order valence-corrected chi connectivity index (χ3v) is 29.5. The van der Waals surface area contributed by atoms with Crippen LogP contribution >= 0.6 is 0 Å². The molecule has 0 spiro atoms. The third-order valence-electron chi connectivity index (χ3n) is 29.5. The Balaban J connectivity index is 0.0000000923. The van der Waals surface area contributed by atoms with Crippen molar-refractivity contribution in [3.8, 4) is 56.4 Å². The number of imidazole rings is 4. The van der Waals surface area contributed by atoms with Gasteiger partial charge in [0.1, 0.15) is 33.5 Å². The van der Waals surface area contributed by atoms with E-state index in [1.165, 1.54) is 137 Å². The van der Waals surface area contributed by atoms with Crippen LogP contribution in [0.25, 0.3) is 265 Å². The Bertz CT molecular complexity index is 10800. The highest BCUT2D eigenvalue weighted by molar-refractivity contribution is 6.16. The molecule has 0 fully saturated rings. The van der Waals surface area contributed by atoms with Crippen molar-refractivity contribution in [2.45, 2.75) is 27.7 Å². The Morgan fingerprint density at radius 1 is 0.152 bits per heavy atom. The van der Waals surface area contributed by atoms with Crippen molar-refractivity contribution >= 4 is 209 Å². The number of aromatic nitrogens is 10. The van der Waals surface area contributed by atoms with Crippen LogP contribution < -0.4 is 0 Å². The topological polar surface area (TPSA) is 104 Å². The fraction of sp³-hybridized carbons (Fsp3) is 0.0303. The van der Waals surface area contributed by atoms with Crippen LogP contribution in [0.3, 0.4) is 0 Å². The van der Waals surface area contributed by atoms with Gasteiger partial charge in [-0.25, -0.2) is 9.97 Å². The number of benzene rings is 21. The first kappa shape index (κ1) is 82.8. The summed E-state index contributed by atoms with van der Waals surface area (Å²) in [6.07, 6.45) is 0. The first-order valence-electron chi connectivity index (χ1n) is 49.4. The number of nitrogens with zero attached hydrogens (tertiary/aromatic N) is 10. The van der Waals surface area contributed by atoms with Crippen molar-refractivity contribution < 1.29 is 13.3 Å². The molecule has 0 radical (unpaired) electrons. The van der Waals surface area contributed by atoms with E-state index in [1.54, 1.807) is 0 Å². The van der Waals surface area contributed by atoms with Crippen molar-refractivity contribution in [1.82, 2.24) is 46.2 Å². The van der Waals surface area contributed by atoms with E-state index in [0.717, 1.165) is 150 Å². The summed E-state index contributed by atoms with van der Waals surface area (Å²) in [5.41, 5.74) is 40.4. The van der Waals surface area contributed by atoms with Gasteiger partial charge in [-0.3, -0.25) is 17.9 Å². The molecule has 13 nitrogen and oxygen atoms in total. The molecule has 0 bridgehead atoms. The number of hydrogen-bond donors (Lipinski definition) is 0. The quantitative estimate of drug-likeness (QED) is 0.151. The van der Waals surface area contributed by atoms with Gasteiger partial charge in [-0.15, -0.1) is 0 Å². The summed E-state index contributed by atoms with van der Waals surface area (Å²) < 4.78 is 37.0. The highest BCUT2D eigenvalue weighted by atomic mass is 16.3. The molecule has 11 aromatic heterocycles. The highest BCUT2D eigenvalue weighted by Gasteiger charge is 2.26. The van der Waals surface area contributed by atoms with Gasteiger partial charge in [-0.1, -0.05) is 259 Å². The summed E-state index contributed by atoms with van der Waals surface area (Å²) in [5.74, 6) is 1.81. The summed E-state index contributed by atoms with van der Waals surface area (Å²) in [7, 11) is 0. The Hall–Kier alpha value is -19.2. The second-order valence-electron chi connectivity index (χ2n) is 38.3. The number of hydrogen-bond acceptors (Lipinski definition) is 5. The summed E-state index contributed by atoms with van der Waals surface area (Å²) in [5, 5.41) is 17.0. The minimum atomic E-state index is 0.888. The lowest BCUT2D eigenvalue weighted by molar-refractivity contribution is 0.668. The fourth-order valence-electron chi connectivity index (χ4n) is 23.0. The predicted molar refractivity (Wildman–Crippen MR) is 601 cm³/mol. The first-order chi connectivity index (χ1) is 71.5. The Morgan fingerprint density at radius 3 is 0.876 bits per heavy atom. The summed E-state index contributed by atoms with van der Waals surface area (Å²) in [4.78, 5) is 10.2. The van der Waals surface area contributed by atoms with Gasteiger partial charge in [0, 0.05) is 104 Å². The maximum Gasteiger partial charge on any atom is 0.220 e. The molecule has 0 saturated heterocycles. The normalized spacial score (nSPS) is 12.0. The molecule has 0 saturated carbocycles. The van der Waals surface area contributed by atoms with Gasteiger partial charge in [-0.05, 0) is 274 Å². The minimum absolute atomic E-state index is 0.888. The lowest BCUT2D eigenvalue weighted by Crippen LogP contribution is -1.96. The molecule has 21 aromatic carbocycles. The van der Waals surface area contributed by atoms with Gasteiger partial charge in [0.2, 0.25) is 11.6 Å². The van der Waals surface area contributed by atoms with Gasteiger partial charge in [-0.2, -0.15) is 0 Å². The van der Waals surface area contributed by atoms with Gasteiger partial charge < -0.3 is 31.5 Å². The second-order valence-corrected chi connectivity index (χ2v) is 38.3. The van der Waals surface area contributed by atoms with Crippen molar-refractivity contribution in [2.24, 2.45) is 0 Å². The average Bonchev–Trinajstić information content (AvgIpc) is 1.52. The van der Waals surface area contributed by atoms with Crippen LogP contribution in [0.2, 0.25) is 0 Å². The molecule has 0 amide bonds. The smallest absolute Gasteiger partial charge is 0.220 e. The molecule has 0 aliphatic heterocycles. The lowest BCUT2D eigenvalue weighted by Gasteiger charge is -2.10. The standard InChI is InChI=1S/C38H24N4O.C32H22N4.2C31H21NO/c1-23-14-18-36-28(20-23)29-21-24(16-19-37(29)43-36)41-34-17-15-25(22-35(34)42-33-13-7-4-10-30(33)39-38(41)42)40-31-11-5-2-8-26(31)27-9-3-6-12-32(27)40;1-21-9-8-10-22(19-21)35-30-18-17-23(20-31(30)36-29-16-7-4-13-26(29)33-32(35)36)34-27-14-5-2-11-24(27)25-12-3-6-15-28(25)34;1-20-13-15-30-26(17-20)27-19-22(14-16-31(27)33-30)21-7-6-8-23(18-21)32-28-11-4-2-9-24(28)25-10-3-5-12-29(25)32;1-20-7-6-8-21(17-20)22-13-15-29-26(18-22)24-9-2-4-11-28(24)32(29)23-14-16-31-27(19-23)25-10-3-5-12-30(25)33-31/h2-22H,1H3;2-20H,1H3;2*2-19H,1H3. The zero-order valence-corrected chi connectivity index (χ0v) is 79.6. The lowest BCUT2D eigenvalue weighted by atomic mass is 10.0. The van der Waals surface area contributed by atoms with Crippen molar-refractivity contribution in [2.75, 3.05) is 0 Å². The zero-order chi connectivity index (χ0) is 95.9. The molecular weight excluding hydrogens is 1770 g/mol. The van der Waals surface area contributed by atoms with Crippen molar-refractivity contribution in [3.05, 3.63) is 483 Å². The van der Waals surface area contributed by atoms with E-state index in [0.29, 0.717) is 0 Å². The van der Waals surface area contributed by atoms with E-state index in [4.69, 9.17) is 23.2 Å². The zero-order valence-electron chi connectivity index (χ0n) is 79.6. The maximum atomic E-state index is 6.20. The second kappa shape index (κ2) is 32.7. The highest BCUT2D eigenvalue weighted by Crippen LogP contribution is 2.45. The third kappa shape index (κ3) is 13.2. The Kier molecular flexibility index (Phi) is 18.7. The van der Waals surface area contributed by atoms with E-state index in [1.807, 2.05) is 12.1 Å². The van der Waals surface area contributed by atoms with E-state index in [-0.39, 0.29) is 0 Å². The number of para-hydroxylation sites is 12. The molecule has 0 aliphatic rings. The molecule has 0 unspecified atom stereocenters. The molecule has 145 heavy (non-hydrogen) atoms. The number of furan rings is 3. The van der Waals surface area contributed by atoms with Crippen LogP contribution in [-0.4, -0.2) is 46.2 Å². The van der Waals surface area contributed by atoms with Gasteiger partial charge in [0.15, 0.2) is 0 Å². The van der Waals surface area contributed by atoms with Crippen LogP contribution in [0.15, 0.2) is 474 Å². The Labute approximate surface area is 829 Å². The minimum Gasteiger partial charge on any atom is -0.456 e. The van der Waals surface area contributed by atoms with Crippen molar-refractivity contribution in [3.63, 3.8) is 0 Å². The molecule has 11 heterocycles. The molecule has 32 rings (SSSR count). The van der Waals surface area contributed by atoms with E-state index < -0.39 is 0 Å². The summed E-state index contributed by atoms with van der Waals surface area (Å²) in [6, 6.07) is 164. The SMILES string of the molecule is Cc1ccc2oc3ccc(-c4cccc(-n5c6ccccc6c6ccccc65)c4)cc3c2c1.Cc1ccc2oc3ccc(-n4c5ccc(-n6c7ccccc7c7ccccc76)cc5n5c6ccccc6nc45)cc3c2c1.Cc1cccc(-c2ccc3c(c2)c2ccccc2n3-c2ccc3oc4ccccc4c3c2)c1.Cc1cccc(-n2c3ccc(-n4c5ccccc5c5ccccc54)cc3n3c4ccccc4nc23)c1. The van der Waals surface area contributed by atoms with Crippen LogP contribution in [-0.2, 0) is 0 Å². The molecule has 13 heteroatoms. The summed E-state index contributed by atoms with van der Waals surface area (Å²) >= 11 is 0.